The minimum Gasteiger partial charge on any atom is -0.277 e. The van der Waals surface area contributed by atoms with E-state index in [1.807, 2.05) is 42.5 Å². The molecule has 0 saturated carbocycles. The van der Waals surface area contributed by atoms with Gasteiger partial charge in [0.1, 0.15) is 5.69 Å². The predicted octanol–water partition coefficient (Wildman–Crippen LogP) is 4.54. The number of nitrogens with one attached hydrogen (secondary N) is 1. The molecule has 0 aliphatic heterocycles. The van der Waals surface area contributed by atoms with Crippen LogP contribution in [0.15, 0.2) is 42.5 Å². The van der Waals surface area contributed by atoms with Crippen molar-refractivity contribution in [3.8, 4) is 11.3 Å². The molecule has 3 rings (SSSR count). The van der Waals surface area contributed by atoms with E-state index in [0.29, 0.717) is 10.0 Å². The van der Waals surface area contributed by atoms with Gasteiger partial charge in [0.25, 0.3) is 0 Å². The zero-order valence-electron chi connectivity index (χ0n) is 8.74. The lowest BCUT2D eigenvalue weighted by atomic mass is 10.1. The lowest BCUT2D eigenvalue weighted by Crippen LogP contribution is -1.82. The van der Waals surface area contributed by atoms with E-state index in [1.165, 1.54) is 0 Å². The molecule has 0 radical (unpaired) electrons. The van der Waals surface area contributed by atoms with E-state index in [1.54, 1.807) is 0 Å². The van der Waals surface area contributed by atoms with E-state index in [9.17, 15) is 0 Å². The van der Waals surface area contributed by atoms with Crippen molar-refractivity contribution in [2.24, 2.45) is 0 Å². The van der Waals surface area contributed by atoms with E-state index >= 15 is 0 Å². The topological polar surface area (TPSA) is 28.7 Å². The van der Waals surface area contributed by atoms with Crippen LogP contribution >= 0.6 is 23.2 Å². The van der Waals surface area contributed by atoms with Crippen LogP contribution in [-0.4, -0.2) is 10.2 Å². The number of hydrogen-bond acceptors (Lipinski definition) is 1. The molecule has 0 unspecified atom stereocenters. The molecule has 0 saturated heterocycles. The maximum atomic E-state index is 6.18. The largest absolute Gasteiger partial charge is 0.277 e. The summed E-state index contributed by atoms with van der Waals surface area (Å²) < 4.78 is 0. The van der Waals surface area contributed by atoms with Gasteiger partial charge in [-0.1, -0.05) is 47.5 Å². The SMILES string of the molecule is Clc1cccc(Cl)c1-c1n[nH]c2ccccc12. The Labute approximate surface area is 108 Å². The first-order valence-electron chi connectivity index (χ1n) is 5.15. The monoisotopic (exact) mass is 262 g/mol. The predicted molar refractivity (Wildman–Crippen MR) is 71.5 cm³/mol. The summed E-state index contributed by atoms with van der Waals surface area (Å²) in [5.41, 5.74) is 2.53. The van der Waals surface area contributed by atoms with E-state index in [0.717, 1.165) is 22.2 Å². The van der Waals surface area contributed by atoms with Crippen LogP contribution in [0, 0.1) is 0 Å². The zero-order chi connectivity index (χ0) is 11.8. The highest BCUT2D eigenvalue weighted by Crippen LogP contribution is 2.36. The fourth-order valence-corrected chi connectivity index (χ4v) is 2.45. The minimum atomic E-state index is 0.606. The fourth-order valence-electron chi connectivity index (χ4n) is 1.88. The molecule has 2 nitrogen and oxygen atoms in total. The molecule has 0 amide bonds. The molecule has 0 aliphatic carbocycles. The van der Waals surface area contributed by atoms with Crippen molar-refractivity contribution in [1.82, 2.24) is 10.2 Å². The van der Waals surface area contributed by atoms with Crippen molar-refractivity contribution in [2.75, 3.05) is 0 Å². The Morgan fingerprint density at radius 3 is 2.35 bits per heavy atom. The fraction of sp³-hybridized carbons (Fsp3) is 0. The zero-order valence-corrected chi connectivity index (χ0v) is 10.3. The van der Waals surface area contributed by atoms with Crippen LogP contribution in [0.5, 0.6) is 0 Å². The molecule has 0 spiro atoms. The molecule has 17 heavy (non-hydrogen) atoms. The first kappa shape index (κ1) is 10.6. The summed E-state index contributed by atoms with van der Waals surface area (Å²) in [6.45, 7) is 0. The number of halogens is 2. The third-order valence-corrected chi connectivity index (χ3v) is 3.30. The second-order valence-corrected chi connectivity index (χ2v) is 4.53. The average Bonchev–Trinajstić information content (AvgIpc) is 2.73. The van der Waals surface area contributed by atoms with Crippen molar-refractivity contribution < 1.29 is 0 Å². The number of para-hydroxylation sites is 1. The van der Waals surface area contributed by atoms with Gasteiger partial charge in [-0.25, -0.2) is 0 Å². The van der Waals surface area contributed by atoms with Crippen molar-refractivity contribution in [1.29, 1.82) is 0 Å². The highest BCUT2D eigenvalue weighted by atomic mass is 35.5. The normalized spacial score (nSPS) is 10.9. The summed E-state index contributed by atoms with van der Waals surface area (Å²) in [6.07, 6.45) is 0. The number of hydrogen-bond donors (Lipinski definition) is 1. The van der Waals surface area contributed by atoms with E-state index in [-0.39, 0.29) is 0 Å². The Hall–Kier alpha value is -1.51. The van der Waals surface area contributed by atoms with Gasteiger partial charge in [0.2, 0.25) is 0 Å². The quantitative estimate of drug-likeness (QED) is 0.686. The smallest absolute Gasteiger partial charge is 0.103 e. The van der Waals surface area contributed by atoms with E-state index in [2.05, 4.69) is 10.2 Å². The average molecular weight is 263 g/mol. The van der Waals surface area contributed by atoms with Crippen molar-refractivity contribution in [3.05, 3.63) is 52.5 Å². The molecule has 2 aromatic carbocycles. The highest BCUT2D eigenvalue weighted by molar-refractivity contribution is 6.39. The second-order valence-electron chi connectivity index (χ2n) is 3.71. The van der Waals surface area contributed by atoms with E-state index in [4.69, 9.17) is 23.2 Å². The summed E-state index contributed by atoms with van der Waals surface area (Å²) in [6, 6.07) is 13.3. The Kier molecular flexibility index (Phi) is 2.54. The van der Waals surface area contributed by atoms with Gasteiger partial charge in [-0.2, -0.15) is 5.10 Å². The Bertz CT molecular complexity index is 668. The summed E-state index contributed by atoms with van der Waals surface area (Å²) in [4.78, 5) is 0. The molecule has 0 fully saturated rings. The molecule has 3 aromatic rings. The Morgan fingerprint density at radius 2 is 1.59 bits per heavy atom. The molecule has 0 aliphatic rings. The minimum absolute atomic E-state index is 0.606. The number of fused-ring (bicyclic) bond motifs is 1. The van der Waals surface area contributed by atoms with Gasteiger partial charge >= 0.3 is 0 Å². The second kappa shape index (κ2) is 4.06. The molecule has 4 heteroatoms. The molecular formula is C13H8Cl2N2. The Morgan fingerprint density at radius 1 is 0.882 bits per heavy atom. The van der Waals surface area contributed by atoms with Crippen LogP contribution in [0.1, 0.15) is 0 Å². The van der Waals surface area contributed by atoms with Gasteiger partial charge in [-0.15, -0.1) is 0 Å². The standard InChI is InChI=1S/C13H8Cl2N2/c14-9-5-3-6-10(15)12(9)13-8-4-1-2-7-11(8)16-17-13/h1-7H,(H,16,17). The molecule has 84 valence electrons. The summed E-state index contributed by atoms with van der Waals surface area (Å²) >= 11 is 12.4. The van der Waals surface area contributed by atoms with Crippen LogP contribution in [0.25, 0.3) is 22.2 Å². The summed E-state index contributed by atoms with van der Waals surface area (Å²) in [5.74, 6) is 0. The van der Waals surface area contributed by atoms with Crippen LogP contribution in [0.4, 0.5) is 0 Å². The summed E-state index contributed by atoms with van der Waals surface area (Å²) in [5, 5.41) is 9.50. The van der Waals surface area contributed by atoms with Crippen LogP contribution in [0.2, 0.25) is 10.0 Å². The number of rotatable bonds is 1. The van der Waals surface area contributed by atoms with Crippen LogP contribution < -0.4 is 0 Å². The van der Waals surface area contributed by atoms with Gasteiger partial charge < -0.3 is 0 Å². The van der Waals surface area contributed by atoms with Crippen molar-refractivity contribution in [2.45, 2.75) is 0 Å². The molecule has 0 atom stereocenters. The van der Waals surface area contributed by atoms with Gasteiger partial charge in [-0.05, 0) is 18.2 Å². The number of aromatic amines is 1. The van der Waals surface area contributed by atoms with Crippen LogP contribution in [0.3, 0.4) is 0 Å². The first-order valence-corrected chi connectivity index (χ1v) is 5.90. The van der Waals surface area contributed by atoms with Gasteiger partial charge in [0.15, 0.2) is 0 Å². The van der Waals surface area contributed by atoms with Gasteiger partial charge in [0, 0.05) is 10.9 Å². The number of nitrogens with zero attached hydrogens (tertiary/aromatic N) is 1. The number of H-pyrrole nitrogens is 1. The first-order chi connectivity index (χ1) is 8.27. The number of benzene rings is 2. The molecule has 0 bridgehead atoms. The maximum absolute atomic E-state index is 6.18. The molecular weight excluding hydrogens is 255 g/mol. The van der Waals surface area contributed by atoms with Gasteiger partial charge in [-0.3, -0.25) is 5.10 Å². The van der Waals surface area contributed by atoms with Crippen molar-refractivity contribution >= 4 is 34.1 Å². The maximum Gasteiger partial charge on any atom is 0.103 e. The molecule has 1 N–H and O–H groups in total. The highest BCUT2D eigenvalue weighted by Gasteiger charge is 2.13. The molecule has 1 heterocycles. The van der Waals surface area contributed by atoms with Crippen molar-refractivity contribution in [3.63, 3.8) is 0 Å². The lowest BCUT2D eigenvalue weighted by Gasteiger charge is -2.03. The number of aromatic nitrogens is 2. The van der Waals surface area contributed by atoms with Gasteiger partial charge in [0.05, 0.1) is 15.6 Å². The lowest BCUT2D eigenvalue weighted by molar-refractivity contribution is 1.12. The van der Waals surface area contributed by atoms with E-state index < -0.39 is 0 Å². The third-order valence-electron chi connectivity index (χ3n) is 2.67. The molecule has 1 aromatic heterocycles. The third kappa shape index (κ3) is 1.70. The van der Waals surface area contributed by atoms with Crippen LogP contribution in [-0.2, 0) is 0 Å². The summed E-state index contributed by atoms with van der Waals surface area (Å²) in [7, 11) is 0. The Balaban J connectivity index is 2.35.